The van der Waals surface area contributed by atoms with E-state index in [0.717, 1.165) is 10.9 Å². The number of carbonyl (C=O) groups excluding carboxylic acids is 1. The number of carbonyl (C=O) groups is 1. The second-order valence-electron chi connectivity index (χ2n) is 2.92. The fourth-order valence-corrected chi connectivity index (χ4v) is 2.42. The summed E-state index contributed by atoms with van der Waals surface area (Å²) in [7, 11) is 0. The molecule has 0 aliphatic carbocycles. The van der Waals surface area contributed by atoms with Crippen LogP contribution < -0.4 is 17.0 Å². The van der Waals surface area contributed by atoms with Gasteiger partial charge in [0.1, 0.15) is 0 Å². The largest absolute Gasteiger partial charge is 1.00 e. The fraction of sp³-hybridized carbons (Fsp3) is 0.300. The SMILES string of the molecule is C[Se+](C)CC(=O)c1ccccc1.[Br-]. The second kappa shape index (κ2) is 6.36. The molecule has 1 rings (SSSR count). The number of hydrogen-bond acceptors (Lipinski definition) is 1. The Morgan fingerprint density at radius 2 is 1.77 bits per heavy atom. The van der Waals surface area contributed by atoms with Gasteiger partial charge in [0.2, 0.25) is 0 Å². The van der Waals surface area contributed by atoms with Crippen LogP contribution in [0.4, 0.5) is 0 Å². The van der Waals surface area contributed by atoms with Crippen LogP contribution >= 0.6 is 0 Å². The molecule has 0 saturated heterocycles. The van der Waals surface area contributed by atoms with Crippen molar-refractivity contribution in [2.75, 3.05) is 0 Å². The van der Waals surface area contributed by atoms with Crippen LogP contribution in [0.3, 0.4) is 0 Å². The molecule has 0 saturated carbocycles. The molecular formula is C10H13BrOSe. The molecule has 0 aliphatic heterocycles. The fourth-order valence-electron chi connectivity index (χ4n) is 0.970. The topological polar surface area (TPSA) is 17.1 Å². The van der Waals surface area contributed by atoms with Gasteiger partial charge in [-0.3, -0.25) is 0 Å². The van der Waals surface area contributed by atoms with Gasteiger partial charge < -0.3 is 17.0 Å². The molecule has 72 valence electrons. The predicted octanol–water partition coefficient (Wildman–Crippen LogP) is -0.372. The number of hydrogen-bond donors (Lipinski definition) is 0. The first-order valence-electron chi connectivity index (χ1n) is 3.82. The van der Waals surface area contributed by atoms with Crippen molar-refractivity contribution in [2.45, 2.75) is 17.0 Å². The molecule has 0 heterocycles. The molecule has 3 heteroatoms. The van der Waals surface area contributed by atoms with Crippen LogP contribution in [0, 0.1) is 0 Å². The Morgan fingerprint density at radius 1 is 1.23 bits per heavy atom. The van der Waals surface area contributed by atoms with Gasteiger partial charge in [-0.15, -0.1) is 0 Å². The van der Waals surface area contributed by atoms with Gasteiger partial charge in [-0.05, 0) is 0 Å². The van der Waals surface area contributed by atoms with Crippen LogP contribution in [0.25, 0.3) is 0 Å². The van der Waals surface area contributed by atoms with Gasteiger partial charge in [0.25, 0.3) is 0 Å². The van der Waals surface area contributed by atoms with Crippen LogP contribution in [-0.4, -0.2) is 19.7 Å². The second-order valence-corrected chi connectivity index (χ2v) is 7.66. The molecule has 0 aromatic heterocycles. The number of rotatable bonds is 3. The molecule has 0 bridgehead atoms. The first-order valence-corrected chi connectivity index (χ1v) is 8.46. The standard InChI is InChI=1S/C10H13OSe.BrH/c1-12(2)8-10(11)9-6-4-3-5-7-9;/h3-7H,8H2,1-2H3;1H/q+1;/p-1. The Balaban J connectivity index is 0.00000144. The summed E-state index contributed by atoms with van der Waals surface area (Å²) in [6.07, 6.45) is 0. The van der Waals surface area contributed by atoms with E-state index in [-0.39, 0.29) is 17.0 Å². The average Bonchev–Trinajstić information content (AvgIpc) is 2.05. The minimum absolute atomic E-state index is 0. The molecule has 0 amide bonds. The van der Waals surface area contributed by atoms with E-state index in [1.807, 2.05) is 30.3 Å². The molecule has 1 nitrogen and oxygen atoms in total. The van der Waals surface area contributed by atoms with Crippen molar-refractivity contribution < 1.29 is 21.8 Å². The molecule has 0 unspecified atom stereocenters. The van der Waals surface area contributed by atoms with Crippen LogP contribution in [0.1, 0.15) is 10.4 Å². The van der Waals surface area contributed by atoms with Crippen molar-refractivity contribution in [3.63, 3.8) is 0 Å². The van der Waals surface area contributed by atoms with Crippen molar-refractivity contribution in [3.8, 4) is 0 Å². The van der Waals surface area contributed by atoms with Crippen molar-refractivity contribution in [2.24, 2.45) is 0 Å². The van der Waals surface area contributed by atoms with E-state index in [2.05, 4.69) is 11.6 Å². The van der Waals surface area contributed by atoms with Crippen molar-refractivity contribution in [3.05, 3.63) is 35.9 Å². The molecule has 0 N–H and O–H groups in total. The minimum atomic E-state index is -0.629. The predicted molar refractivity (Wildman–Crippen MR) is 53.1 cm³/mol. The van der Waals surface area contributed by atoms with E-state index >= 15 is 0 Å². The van der Waals surface area contributed by atoms with Crippen molar-refractivity contribution in [1.29, 1.82) is 0 Å². The van der Waals surface area contributed by atoms with Crippen LogP contribution in [-0.2, 0) is 0 Å². The summed E-state index contributed by atoms with van der Waals surface area (Å²) in [5, 5.41) is 0.768. The zero-order valence-corrected chi connectivity index (χ0v) is 11.1. The first-order chi connectivity index (χ1) is 5.70. The van der Waals surface area contributed by atoms with E-state index in [9.17, 15) is 4.79 Å². The molecule has 13 heavy (non-hydrogen) atoms. The molecule has 1 aromatic carbocycles. The van der Waals surface area contributed by atoms with Crippen molar-refractivity contribution in [1.82, 2.24) is 0 Å². The van der Waals surface area contributed by atoms with Gasteiger partial charge in [0, 0.05) is 0 Å². The molecular weight excluding hydrogens is 295 g/mol. The van der Waals surface area contributed by atoms with E-state index in [4.69, 9.17) is 0 Å². The summed E-state index contributed by atoms with van der Waals surface area (Å²) >= 11 is -0.629. The maximum absolute atomic E-state index is 11.5. The van der Waals surface area contributed by atoms with Gasteiger partial charge in [-0.2, -0.15) is 0 Å². The van der Waals surface area contributed by atoms with E-state index in [1.165, 1.54) is 0 Å². The smallest absolute Gasteiger partial charge is 1.00 e. The summed E-state index contributed by atoms with van der Waals surface area (Å²) < 4.78 is 0. The molecule has 0 atom stereocenters. The summed E-state index contributed by atoms with van der Waals surface area (Å²) in [4.78, 5) is 11.5. The maximum atomic E-state index is 11.5. The summed E-state index contributed by atoms with van der Waals surface area (Å²) in [5.74, 6) is 4.66. The summed E-state index contributed by atoms with van der Waals surface area (Å²) in [6.45, 7) is 0. The van der Waals surface area contributed by atoms with Gasteiger partial charge in [0.05, 0.1) is 0 Å². The summed E-state index contributed by atoms with van der Waals surface area (Å²) in [6, 6.07) is 9.53. The summed E-state index contributed by atoms with van der Waals surface area (Å²) in [5.41, 5.74) is 0.856. The van der Waals surface area contributed by atoms with Gasteiger partial charge in [-0.1, -0.05) is 0 Å². The third-order valence-corrected chi connectivity index (χ3v) is 3.28. The zero-order valence-electron chi connectivity index (χ0n) is 7.79. The first kappa shape index (κ1) is 12.9. The van der Waals surface area contributed by atoms with Crippen LogP contribution in [0.15, 0.2) is 30.3 Å². The van der Waals surface area contributed by atoms with Gasteiger partial charge in [0.15, 0.2) is 0 Å². The Morgan fingerprint density at radius 3 is 2.23 bits per heavy atom. The molecule has 0 spiro atoms. The third kappa shape index (κ3) is 4.61. The monoisotopic (exact) mass is 308 g/mol. The third-order valence-electron chi connectivity index (χ3n) is 1.52. The molecule has 0 aliphatic rings. The Hall–Kier alpha value is -0.111. The van der Waals surface area contributed by atoms with E-state index in [1.54, 1.807) is 0 Å². The molecule has 1 aromatic rings. The van der Waals surface area contributed by atoms with E-state index in [0.29, 0.717) is 5.78 Å². The Kier molecular flexibility index (Phi) is 6.31. The quantitative estimate of drug-likeness (QED) is 0.550. The Bertz CT molecular complexity index is 259. The van der Waals surface area contributed by atoms with E-state index < -0.39 is 13.9 Å². The Labute approximate surface area is 94.2 Å². The normalized spacial score (nSPS) is 9.46. The molecule has 0 radical (unpaired) electrons. The van der Waals surface area contributed by atoms with Crippen LogP contribution in [0.5, 0.6) is 0 Å². The van der Waals surface area contributed by atoms with Gasteiger partial charge >= 0.3 is 77.3 Å². The number of Topliss-reactive ketones (excluding diaryl/α,β-unsaturated/α-hetero) is 1. The minimum Gasteiger partial charge on any atom is -1.00 e. The van der Waals surface area contributed by atoms with Crippen LogP contribution in [0.2, 0.25) is 17.0 Å². The maximum Gasteiger partial charge on any atom is -1.00 e. The number of benzene rings is 1. The average molecular weight is 308 g/mol. The zero-order chi connectivity index (χ0) is 8.97. The number of halogens is 1. The van der Waals surface area contributed by atoms with Gasteiger partial charge in [-0.25, -0.2) is 0 Å². The van der Waals surface area contributed by atoms with Crippen molar-refractivity contribution >= 4 is 19.7 Å². The number of ketones is 1. The molecule has 0 fully saturated rings.